The van der Waals surface area contributed by atoms with Crippen LogP contribution in [0.1, 0.15) is 24.5 Å². The van der Waals surface area contributed by atoms with E-state index in [-0.39, 0.29) is 6.10 Å². The minimum absolute atomic E-state index is 0.241. The average molecular weight is 244 g/mol. The molecule has 0 heterocycles. The van der Waals surface area contributed by atoms with E-state index in [0.717, 1.165) is 25.1 Å². The zero-order valence-corrected chi connectivity index (χ0v) is 11.0. The predicted octanol–water partition coefficient (Wildman–Crippen LogP) is 2.27. The first-order chi connectivity index (χ1) is 8.61. The predicted molar refractivity (Wildman–Crippen MR) is 74.0 cm³/mol. The van der Waals surface area contributed by atoms with Crippen LogP contribution in [0.2, 0.25) is 0 Å². The van der Waals surface area contributed by atoms with Crippen molar-refractivity contribution in [2.75, 3.05) is 20.1 Å². The van der Waals surface area contributed by atoms with Crippen LogP contribution < -0.4 is 0 Å². The van der Waals surface area contributed by atoms with Crippen molar-refractivity contribution in [3.05, 3.63) is 41.5 Å². The van der Waals surface area contributed by atoms with Gasteiger partial charge in [-0.05, 0) is 38.1 Å². The molecular formula is C15H20N2O. The second kappa shape index (κ2) is 7.65. The summed E-state index contributed by atoms with van der Waals surface area (Å²) in [6.45, 7) is 3.54. The number of hydrogen-bond acceptors (Lipinski definition) is 3. The molecule has 96 valence electrons. The molecule has 0 fully saturated rings. The van der Waals surface area contributed by atoms with Crippen molar-refractivity contribution in [3.63, 3.8) is 0 Å². The zero-order valence-electron chi connectivity index (χ0n) is 11.0. The van der Waals surface area contributed by atoms with Gasteiger partial charge in [-0.1, -0.05) is 24.3 Å². The van der Waals surface area contributed by atoms with Gasteiger partial charge in [0.25, 0.3) is 0 Å². The molecule has 0 saturated carbocycles. The Morgan fingerprint density at radius 1 is 1.39 bits per heavy atom. The lowest BCUT2D eigenvalue weighted by Crippen LogP contribution is -2.22. The molecule has 0 saturated heterocycles. The monoisotopic (exact) mass is 244 g/mol. The lowest BCUT2D eigenvalue weighted by molar-refractivity contribution is 0.167. The summed E-state index contributed by atoms with van der Waals surface area (Å²) >= 11 is 0. The van der Waals surface area contributed by atoms with Crippen molar-refractivity contribution in [3.8, 4) is 6.07 Å². The highest BCUT2D eigenvalue weighted by Crippen LogP contribution is 2.05. The molecule has 1 rings (SSSR count). The van der Waals surface area contributed by atoms with Gasteiger partial charge < -0.3 is 10.0 Å². The van der Waals surface area contributed by atoms with Crippen molar-refractivity contribution in [1.29, 1.82) is 5.26 Å². The van der Waals surface area contributed by atoms with Gasteiger partial charge in [-0.3, -0.25) is 0 Å². The molecule has 3 nitrogen and oxygen atoms in total. The van der Waals surface area contributed by atoms with Crippen LogP contribution in [-0.4, -0.2) is 36.2 Å². The number of aliphatic hydroxyl groups is 1. The number of benzene rings is 1. The van der Waals surface area contributed by atoms with Gasteiger partial charge in [0.1, 0.15) is 0 Å². The lowest BCUT2D eigenvalue weighted by atomic mass is 10.1. The molecule has 0 radical (unpaired) electrons. The third-order valence-corrected chi connectivity index (χ3v) is 2.70. The second-order valence-electron chi connectivity index (χ2n) is 4.54. The lowest BCUT2D eigenvalue weighted by Gasteiger charge is -2.14. The van der Waals surface area contributed by atoms with Crippen molar-refractivity contribution in [1.82, 2.24) is 4.90 Å². The van der Waals surface area contributed by atoms with Gasteiger partial charge in [0.2, 0.25) is 0 Å². The molecule has 0 bridgehead atoms. The molecule has 18 heavy (non-hydrogen) atoms. The molecule has 1 unspecified atom stereocenters. The Morgan fingerprint density at radius 2 is 2.06 bits per heavy atom. The summed E-state index contributed by atoms with van der Waals surface area (Å²) in [6, 6.07) is 9.60. The first-order valence-electron chi connectivity index (χ1n) is 6.15. The van der Waals surface area contributed by atoms with E-state index in [1.54, 1.807) is 6.92 Å². The topological polar surface area (TPSA) is 47.3 Å². The molecule has 0 aliphatic carbocycles. The number of likely N-dealkylation sites (N-methyl/N-ethyl adjacent to an activating group) is 1. The summed E-state index contributed by atoms with van der Waals surface area (Å²) in [5, 5.41) is 17.9. The number of aliphatic hydroxyl groups excluding tert-OH is 1. The van der Waals surface area contributed by atoms with Crippen molar-refractivity contribution in [2.24, 2.45) is 0 Å². The van der Waals surface area contributed by atoms with E-state index in [2.05, 4.69) is 17.0 Å². The summed E-state index contributed by atoms with van der Waals surface area (Å²) in [5.41, 5.74) is 1.78. The Morgan fingerprint density at radius 3 is 2.61 bits per heavy atom. The first kappa shape index (κ1) is 14.4. The maximum atomic E-state index is 9.18. The third-order valence-electron chi connectivity index (χ3n) is 2.70. The maximum absolute atomic E-state index is 9.18. The van der Waals surface area contributed by atoms with Crippen molar-refractivity contribution in [2.45, 2.75) is 19.4 Å². The van der Waals surface area contributed by atoms with Gasteiger partial charge in [-0.15, -0.1) is 0 Å². The molecule has 0 aromatic heterocycles. The summed E-state index contributed by atoms with van der Waals surface area (Å²) < 4.78 is 0. The molecule has 1 atom stereocenters. The quantitative estimate of drug-likeness (QED) is 0.835. The molecule has 1 N–H and O–H groups in total. The number of rotatable bonds is 6. The summed E-state index contributed by atoms with van der Waals surface area (Å²) in [4.78, 5) is 2.16. The molecule has 1 aromatic rings. The minimum atomic E-state index is -0.241. The highest BCUT2D eigenvalue weighted by molar-refractivity contribution is 5.51. The SMILES string of the molecule is CC(O)CCN(C)C/C=C/c1ccc(C#N)cc1. The molecular weight excluding hydrogens is 224 g/mol. The molecule has 0 aliphatic heterocycles. The average Bonchev–Trinajstić information content (AvgIpc) is 2.37. The van der Waals surface area contributed by atoms with Crippen molar-refractivity contribution < 1.29 is 5.11 Å². The number of hydrogen-bond donors (Lipinski definition) is 1. The fourth-order valence-electron chi connectivity index (χ4n) is 1.54. The number of nitriles is 1. The summed E-state index contributed by atoms with van der Waals surface area (Å²) in [6.07, 6.45) is 4.68. The van der Waals surface area contributed by atoms with Gasteiger partial charge in [0.05, 0.1) is 17.7 Å². The van der Waals surface area contributed by atoms with Crippen LogP contribution in [0.15, 0.2) is 30.3 Å². The van der Waals surface area contributed by atoms with Gasteiger partial charge in [-0.25, -0.2) is 0 Å². The smallest absolute Gasteiger partial charge is 0.0991 e. The Hall–Kier alpha value is -1.63. The molecule has 0 amide bonds. The van der Waals surface area contributed by atoms with Crippen LogP contribution in [-0.2, 0) is 0 Å². The largest absolute Gasteiger partial charge is 0.393 e. The van der Waals surface area contributed by atoms with Gasteiger partial charge in [0.15, 0.2) is 0 Å². The zero-order chi connectivity index (χ0) is 13.4. The third kappa shape index (κ3) is 5.62. The fourth-order valence-corrected chi connectivity index (χ4v) is 1.54. The Balaban J connectivity index is 2.37. The summed E-state index contributed by atoms with van der Waals surface area (Å²) in [5.74, 6) is 0. The van der Waals surface area contributed by atoms with Crippen molar-refractivity contribution >= 4 is 6.08 Å². The molecule has 1 aromatic carbocycles. The fraction of sp³-hybridized carbons (Fsp3) is 0.400. The first-order valence-corrected chi connectivity index (χ1v) is 6.15. The van der Waals surface area contributed by atoms with Crippen LogP contribution in [0.4, 0.5) is 0 Å². The van der Waals surface area contributed by atoms with Gasteiger partial charge in [-0.2, -0.15) is 5.26 Å². The molecule has 0 aliphatic rings. The Bertz CT molecular complexity index is 415. The molecule has 0 spiro atoms. The van der Waals surface area contributed by atoms with Gasteiger partial charge >= 0.3 is 0 Å². The van der Waals surface area contributed by atoms with E-state index >= 15 is 0 Å². The van der Waals surface area contributed by atoms with Gasteiger partial charge in [0, 0.05) is 13.1 Å². The van der Waals surface area contributed by atoms with E-state index < -0.39 is 0 Å². The van der Waals surface area contributed by atoms with E-state index in [0.29, 0.717) is 5.56 Å². The van der Waals surface area contributed by atoms with Crippen LogP contribution in [0.3, 0.4) is 0 Å². The van der Waals surface area contributed by atoms with E-state index in [1.807, 2.05) is 37.4 Å². The highest BCUT2D eigenvalue weighted by atomic mass is 16.3. The maximum Gasteiger partial charge on any atom is 0.0991 e. The minimum Gasteiger partial charge on any atom is -0.393 e. The molecule has 3 heteroatoms. The van der Waals surface area contributed by atoms with Crippen LogP contribution in [0, 0.1) is 11.3 Å². The number of nitrogens with zero attached hydrogens (tertiary/aromatic N) is 2. The normalized spacial score (nSPS) is 12.8. The Labute approximate surface area is 109 Å². The van der Waals surface area contributed by atoms with Crippen LogP contribution in [0.25, 0.3) is 6.08 Å². The second-order valence-corrected chi connectivity index (χ2v) is 4.54. The summed E-state index contributed by atoms with van der Waals surface area (Å²) in [7, 11) is 2.03. The van der Waals surface area contributed by atoms with Crippen LogP contribution >= 0.6 is 0 Å². The van der Waals surface area contributed by atoms with E-state index in [4.69, 9.17) is 5.26 Å². The van der Waals surface area contributed by atoms with Crippen LogP contribution in [0.5, 0.6) is 0 Å². The van der Waals surface area contributed by atoms with E-state index in [1.165, 1.54) is 0 Å². The highest BCUT2D eigenvalue weighted by Gasteiger charge is 1.99. The standard InChI is InChI=1S/C15H20N2O/c1-13(18)9-11-17(2)10-3-4-14-5-7-15(12-16)8-6-14/h3-8,13,18H,9-11H2,1-2H3/b4-3+. The Kier molecular flexibility index (Phi) is 6.13. The van der Waals surface area contributed by atoms with E-state index in [9.17, 15) is 5.11 Å².